The molecule has 0 radical (unpaired) electrons. The van der Waals surface area contributed by atoms with Crippen LogP contribution in [0.25, 0.3) is 22.5 Å². The first kappa shape index (κ1) is 13.7. The third kappa shape index (κ3) is 2.91. The number of rotatable bonds is 4. The fraction of sp³-hybridized carbons (Fsp3) is 0.158. The Balaban J connectivity index is 1.86. The molecule has 3 rings (SSSR count). The van der Waals surface area contributed by atoms with Gasteiger partial charge < -0.3 is 10.2 Å². The van der Waals surface area contributed by atoms with Crippen LogP contribution in [0.5, 0.6) is 0 Å². The minimum Gasteiger partial charge on any atom is -0.459 e. The first-order valence-corrected chi connectivity index (χ1v) is 7.29. The average molecular weight is 277 g/mol. The molecule has 0 saturated carbocycles. The zero-order chi connectivity index (χ0) is 14.7. The van der Waals surface area contributed by atoms with E-state index in [1.807, 2.05) is 30.3 Å². The Bertz CT molecular complexity index is 698. The quantitative estimate of drug-likeness (QED) is 0.727. The van der Waals surface area contributed by atoms with Gasteiger partial charge >= 0.3 is 0 Å². The summed E-state index contributed by atoms with van der Waals surface area (Å²) in [5.74, 6) is 1.72. The number of furan rings is 1. The highest BCUT2D eigenvalue weighted by molar-refractivity contribution is 5.68. The fourth-order valence-corrected chi connectivity index (χ4v) is 2.37. The van der Waals surface area contributed by atoms with Crippen molar-refractivity contribution in [1.29, 1.82) is 0 Å². The molecule has 2 N–H and O–H groups in total. The average Bonchev–Trinajstić information content (AvgIpc) is 3.05. The number of hydrogen-bond acceptors (Lipinski definition) is 2. The molecule has 0 aliphatic carbocycles. The predicted octanol–water partition coefficient (Wildman–Crippen LogP) is 5.02. The second kappa shape index (κ2) is 5.98. The van der Waals surface area contributed by atoms with Crippen molar-refractivity contribution in [3.05, 3.63) is 72.5 Å². The Hall–Kier alpha value is -2.32. The predicted molar refractivity (Wildman–Crippen MR) is 86.8 cm³/mol. The molecule has 106 valence electrons. The summed E-state index contributed by atoms with van der Waals surface area (Å²) in [7, 11) is 0. The van der Waals surface area contributed by atoms with Crippen LogP contribution >= 0.6 is 0 Å². The van der Waals surface area contributed by atoms with E-state index < -0.39 is 0 Å². The molecule has 2 nitrogen and oxygen atoms in total. The molecule has 0 aliphatic rings. The summed E-state index contributed by atoms with van der Waals surface area (Å²) in [6, 6.07) is 22.7. The van der Waals surface area contributed by atoms with Gasteiger partial charge in [-0.3, -0.25) is 0 Å². The van der Waals surface area contributed by atoms with Crippen molar-refractivity contribution in [2.45, 2.75) is 19.4 Å². The summed E-state index contributed by atoms with van der Waals surface area (Å²) in [5.41, 5.74) is 9.49. The number of hydrogen-bond donors (Lipinski definition) is 1. The molecule has 1 atom stereocenters. The summed E-state index contributed by atoms with van der Waals surface area (Å²) in [5, 5.41) is 0. The zero-order valence-electron chi connectivity index (χ0n) is 12.1. The summed E-state index contributed by atoms with van der Waals surface area (Å²) >= 11 is 0. The molecular weight excluding hydrogens is 258 g/mol. The molecule has 2 heteroatoms. The molecule has 0 bridgehead atoms. The van der Waals surface area contributed by atoms with Crippen LogP contribution in [0.15, 0.2) is 71.1 Å². The SMILES string of the molecule is CCC(N)c1ccc(-c2ccc(-c3ccccc3)cc2)o1. The molecule has 0 amide bonds. The lowest BCUT2D eigenvalue weighted by Crippen LogP contribution is -2.06. The molecule has 1 aromatic heterocycles. The maximum absolute atomic E-state index is 5.99. The van der Waals surface area contributed by atoms with E-state index in [2.05, 4.69) is 43.3 Å². The van der Waals surface area contributed by atoms with Gasteiger partial charge in [0, 0.05) is 5.56 Å². The first-order valence-electron chi connectivity index (χ1n) is 7.29. The highest BCUT2D eigenvalue weighted by Gasteiger charge is 2.10. The second-order valence-electron chi connectivity index (χ2n) is 5.16. The summed E-state index contributed by atoms with van der Waals surface area (Å²) in [6.45, 7) is 2.06. The van der Waals surface area contributed by atoms with Gasteiger partial charge in [-0.15, -0.1) is 0 Å². The van der Waals surface area contributed by atoms with Gasteiger partial charge in [0.15, 0.2) is 0 Å². The molecule has 1 heterocycles. The highest BCUT2D eigenvalue weighted by Crippen LogP contribution is 2.28. The summed E-state index contributed by atoms with van der Waals surface area (Å²) in [6.07, 6.45) is 0.875. The van der Waals surface area contributed by atoms with E-state index in [0.717, 1.165) is 23.5 Å². The lowest BCUT2D eigenvalue weighted by Gasteiger charge is -2.05. The highest BCUT2D eigenvalue weighted by atomic mass is 16.3. The standard InChI is InChI=1S/C19H19NO/c1-2-17(20)19-13-12-18(21-19)16-10-8-15(9-11-16)14-6-4-3-5-7-14/h3-13,17H,2,20H2,1H3. The minimum atomic E-state index is -0.0256. The number of benzene rings is 2. The van der Waals surface area contributed by atoms with Crippen LogP contribution in [0.4, 0.5) is 0 Å². The van der Waals surface area contributed by atoms with Gasteiger partial charge in [0.25, 0.3) is 0 Å². The van der Waals surface area contributed by atoms with Crippen molar-refractivity contribution < 1.29 is 4.42 Å². The van der Waals surface area contributed by atoms with Crippen LogP contribution in [0.1, 0.15) is 25.1 Å². The van der Waals surface area contributed by atoms with Crippen molar-refractivity contribution in [2.75, 3.05) is 0 Å². The van der Waals surface area contributed by atoms with Crippen LogP contribution in [-0.4, -0.2) is 0 Å². The Labute approximate surface area is 125 Å². The van der Waals surface area contributed by atoms with Crippen LogP contribution in [-0.2, 0) is 0 Å². The van der Waals surface area contributed by atoms with Crippen molar-refractivity contribution in [2.24, 2.45) is 5.73 Å². The molecule has 3 aromatic rings. The van der Waals surface area contributed by atoms with Gasteiger partial charge in [-0.2, -0.15) is 0 Å². The normalized spacial score (nSPS) is 12.3. The Kier molecular flexibility index (Phi) is 3.89. The van der Waals surface area contributed by atoms with Gasteiger partial charge in [-0.25, -0.2) is 0 Å². The number of nitrogens with two attached hydrogens (primary N) is 1. The molecule has 2 aromatic carbocycles. The maximum Gasteiger partial charge on any atom is 0.134 e. The first-order chi connectivity index (χ1) is 10.3. The van der Waals surface area contributed by atoms with Gasteiger partial charge in [0.1, 0.15) is 11.5 Å². The maximum atomic E-state index is 5.99. The Morgan fingerprint density at radius 1 is 0.810 bits per heavy atom. The third-order valence-electron chi connectivity index (χ3n) is 3.71. The largest absolute Gasteiger partial charge is 0.459 e. The lowest BCUT2D eigenvalue weighted by atomic mass is 10.0. The topological polar surface area (TPSA) is 39.2 Å². The molecule has 1 unspecified atom stereocenters. The van der Waals surface area contributed by atoms with Gasteiger partial charge in [-0.1, -0.05) is 61.5 Å². The molecule has 0 saturated heterocycles. The summed E-state index contributed by atoms with van der Waals surface area (Å²) in [4.78, 5) is 0. The van der Waals surface area contributed by atoms with E-state index in [1.54, 1.807) is 0 Å². The fourth-order valence-electron chi connectivity index (χ4n) is 2.37. The third-order valence-corrected chi connectivity index (χ3v) is 3.71. The van der Waals surface area contributed by atoms with Crippen molar-refractivity contribution in [3.63, 3.8) is 0 Å². The van der Waals surface area contributed by atoms with Crippen molar-refractivity contribution >= 4 is 0 Å². The minimum absolute atomic E-state index is 0.0256. The monoisotopic (exact) mass is 277 g/mol. The van der Waals surface area contributed by atoms with Gasteiger partial charge in [-0.05, 0) is 29.7 Å². The van der Waals surface area contributed by atoms with E-state index in [0.29, 0.717) is 0 Å². The lowest BCUT2D eigenvalue weighted by molar-refractivity contribution is 0.470. The van der Waals surface area contributed by atoms with Crippen LogP contribution in [0.3, 0.4) is 0 Å². The molecular formula is C19H19NO. The van der Waals surface area contributed by atoms with E-state index in [-0.39, 0.29) is 6.04 Å². The zero-order valence-corrected chi connectivity index (χ0v) is 12.1. The van der Waals surface area contributed by atoms with E-state index in [1.165, 1.54) is 11.1 Å². The van der Waals surface area contributed by atoms with Crippen molar-refractivity contribution in [1.82, 2.24) is 0 Å². The molecule has 0 aliphatic heterocycles. The van der Waals surface area contributed by atoms with Crippen molar-refractivity contribution in [3.8, 4) is 22.5 Å². The Morgan fingerprint density at radius 2 is 1.43 bits per heavy atom. The van der Waals surface area contributed by atoms with Crippen LogP contribution in [0.2, 0.25) is 0 Å². The second-order valence-corrected chi connectivity index (χ2v) is 5.16. The smallest absolute Gasteiger partial charge is 0.134 e. The van der Waals surface area contributed by atoms with E-state index in [9.17, 15) is 0 Å². The summed E-state index contributed by atoms with van der Waals surface area (Å²) < 4.78 is 5.84. The van der Waals surface area contributed by atoms with Gasteiger partial charge in [0.2, 0.25) is 0 Å². The Morgan fingerprint density at radius 3 is 2.10 bits per heavy atom. The van der Waals surface area contributed by atoms with Crippen LogP contribution in [0, 0.1) is 0 Å². The van der Waals surface area contributed by atoms with Gasteiger partial charge in [0.05, 0.1) is 6.04 Å². The van der Waals surface area contributed by atoms with E-state index >= 15 is 0 Å². The van der Waals surface area contributed by atoms with E-state index in [4.69, 9.17) is 10.2 Å². The molecule has 21 heavy (non-hydrogen) atoms. The van der Waals surface area contributed by atoms with Crippen LogP contribution < -0.4 is 5.73 Å². The molecule has 0 fully saturated rings. The molecule has 0 spiro atoms.